The standard InChI is InChI=1S/C16H17ClN2O4S/c1-7-4-12(24-3)10(16(23)19-7)6-18-15(22)9-5-11(17)14(21)13(20)8(9)2/h4-5,20-21H,6H2,1-3H3,(H,18,22)(H,19,23). The molecule has 0 spiro atoms. The third-order valence-corrected chi connectivity index (χ3v) is 4.69. The van der Waals surface area contributed by atoms with Gasteiger partial charge in [-0.2, -0.15) is 0 Å². The second-order valence-electron chi connectivity index (χ2n) is 5.24. The van der Waals surface area contributed by atoms with Gasteiger partial charge in [-0.3, -0.25) is 9.59 Å². The molecule has 0 unspecified atom stereocenters. The van der Waals surface area contributed by atoms with Crippen molar-refractivity contribution in [2.75, 3.05) is 6.26 Å². The first-order chi connectivity index (χ1) is 11.3. The van der Waals surface area contributed by atoms with Crippen LogP contribution in [0.2, 0.25) is 5.02 Å². The molecule has 2 rings (SSSR count). The number of nitrogens with one attached hydrogen (secondary N) is 2. The van der Waals surface area contributed by atoms with Crippen molar-refractivity contribution in [2.45, 2.75) is 25.3 Å². The lowest BCUT2D eigenvalue weighted by Crippen LogP contribution is -2.28. The zero-order valence-corrected chi connectivity index (χ0v) is 14.9. The Morgan fingerprint density at radius 1 is 1.29 bits per heavy atom. The summed E-state index contributed by atoms with van der Waals surface area (Å²) < 4.78 is 0. The molecule has 128 valence electrons. The van der Waals surface area contributed by atoms with Crippen LogP contribution in [0.4, 0.5) is 0 Å². The van der Waals surface area contributed by atoms with Crippen LogP contribution in [0.3, 0.4) is 0 Å². The number of halogens is 1. The first kappa shape index (κ1) is 18.2. The zero-order chi connectivity index (χ0) is 18.0. The van der Waals surface area contributed by atoms with Crippen LogP contribution in [0.5, 0.6) is 11.5 Å². The fraction of sp³-hybridized carbons (Fsp3) is 0.250. The largest absolute Gasteiger partial charge is 0.504 e. The Bertz CT molecular complexity index is 864. The Kier molecular flexibility index (Phi) is 5.46. The van der Waals surface area contributed by atoms with Crippen molar-refractivity contribution in [1.29, 1.82) is 0 Å². The Morgan fingerprint density at radius 3 is 2.58 bits per heavy atom. The van der Waals surface area contributed by atoms with Gasteiger partial charge in [-0.05, 0) is 32.2 Å². The molecule has 1 aromatic heterocycles. The van der Waals surface area contributed by atoms with Gasteiger partial charge in [0.05, 0.1) is 5.02 Å². The molecular formula is C16H17ClN2O4S. The Labute approximate surface area is 147 Å². The smallest absolute Gasteiger partial charge is 0.254 e. The van der Waals surface area contributed by atoms with Crippen LogP contribution in [0.1, 0.15) is 27.2 Å². The van der Waals surface area contributed by atoms with Crippen LogP contribution < -0.4 is 10.9 Å². The highest BCUT2D eigenvalue weighted by Gasteiger charge is 2.18. The fourth-order valence-corrected chi connectivity index (χ4v) is 3.16. The van der Waals surface area contributed by atoms with Crippen molar-refractivity contribution in [2.24, 2.45) is 0 Å². The molecule has 0 bridgehead atoms. The number of thioether (sulfide) groups is 1. The summed E-state index contributed by atoms with van der Waals surface area (Å²) in [7, 11) is 0. The van der Waals surface area contributed by atoms with E-state index in [1.807, 2.05) is 12.3 Å². The average molecular weight is 369 g/mol. The van der Waals surface area contributed by atoms with Crippen LogP contribution in [0.15, 0.2) is 21.8 Å². The van der Waals surface area contributed by atoms with E-state index in [0.717, 1.165) is 10.6 Å². The number of aromatic hydroxyl groups is 2. The van der Waals surface area contributed by atoms with Crippen LogP contribution in [-0.4, -0.2) is 27.4 Å². The number of hydrogen-bond acceptors (Lipinski definition) is 5. The van der Waals surface area contributed by atoms with Crippen LogP contribution in [0, 0.1) is 13.8 Å². The number of phenols is 2. The van der Waals surface area contributed by atoms with E-state index in [1.165, 1.54) is 24.8 Å². The van der Waals surface area contributed by atoms with Gasteiger partial charge >= 0.3 is 0 Å². The number of H-pyrrole nitrogens is 1. The molecule has 0 aliphatic heterocycles. The minimum atomic E-state index is -0.503. The molecule has 0 fully saturated rings. The predicted molar refractivity (Wildman–Crippen MR) is 94.3 cm³/mol. The van der Waals surface area contributed by atoms with Gasteiger partial charge < -0.3 is 20.5 Å². The molecule has 0 atom stereocenters. The van der Waals surface area contributed by atoms with E-state index < -0.39 is 17.4 Å². The van der Waals surface area contributed by atoms with Crippen molar-refractivity contribution in [3.8, 4) is 11.5 Å². The second-order valence-corrected chi connectivity index (χ2v) is 6.49. The molecule has 0 radical (unpaired) electrons. The summed E-state index contributed by atoms with van der Waals surface area (Å²) in [5.41, 5.74) is 1.27. The number of carbonyl (C=O) groups excluding carboxylic acids is 1. The zero-order valence-electron chi connectivity index (χ0n) is 13.4. The summed E-state index contributed by atoms with van der Waals surface area (Å²) in [6.07, 6.45) is 1.85. The van der Waals surface area contributed by atoms with Gasteiger partial charge in [-0.1, -0.05) is 11.6 Å². The van der Waals surface area contributed by atoms with Crippen LogP contribution >= 0.6 is 23.4 Å². The number of rotatable bonds is 4. The first-order valence-electron chi connectivity index (χ1n) is 7.02. The van der Waals surface area contributed by atoms with Crippen molar-refractivity contribution < 1.29 is 15.0 Å². The number of phenolic OH excluding ortho intramolecular Hbond substituents is 2. The summed E-state index contributed by atoms with van der Waals surface area (Å²) in [5.74, 6) is -1.41. The maximum Gasteiger partial charge on any atom is 0.254 e. The minimum Gasteiger partial charge on any atom is -0.504 e. The summed E-state index contributed by atoms with van der Waals surface area (Å²) >= 11 is 7.21. The topological polar surface area (TPSA) is 102 Å². The van der Waals surface area contributed by atoms with Gasteiger partial charge in [-0.15, -0.1) is 11.8 Å². The fourth-order valence-electron chi connectivity index (χ4n) is 2.26. The van der Waals surface area contributed by atoms with Crippen molar-refractivity contribution in [3.63, 3.8) is 0 Å². The lowest BCUT2D eigenvalue weighted by Gasteiger charge is -2.12. The highest BCUT2D eigenvalue weighted by atomic mass is 35.5. The average Bonchev–Trinajstić information content (AvgIpc) is 2.54. The molecule has 0 saturated carbocycles. The molecule has 4 N–H and O–H groups in total. The third kappa shape index (κ3) is 3.52. The Balaban J connectivity index is 2.29. The van der Waals surface area contributed by atoms with Crippen LogP contribution in [0.25, 0.3) is 0 Å². The van der Waals surface area contributed by atoms with E-state index in [1.54, 1.807) is 6.92 Å². The molecule has 1 amide bonds. The summed E-state index contributed by atoms with van der Waals surface area (Å²) in [6, 6.07) is 3.11. The number of aromatic amines is 1. The van der Waals surface area contributed by atoms with E-state index >= 15 is 0 Å². The summed E-state index contributed by atoms with van der Waals surface area (Å²) in [6.45, 7) is 3.31. The maximum absolute atomic E-state index is 12.4. The number of carbonyl (C=O) groups is 1. The summed E-state index contributed by atoms with van der Waals surface area (Å²) in [5, 5.41) is 21.9. The molecule has 0 aliphatic rings. The van der Waals surface area contributed by atoms with E-state index in [4.69, 9.17) is 11.6 Å². The molecule has 2 aromatic rings. The van der Waals surface area contributed by atoms with Gasteiger partial charge in [0.15, 0.2) is 11.5 Å². The van der Waals surface area contributed by atoms with E-state index in [9.17, 15) is 19.8 Å². The van der Waals surface area contributed by atoms with Gasteiger partial charge in [-0.25, -0.2) is 0 Å². The van der Waals surface area contributed by atoms with Crippen molar-refractivity contribution in [1.82, 2.24) is 10.3 Å². The molecule has 0 saturated heterocycles. The van der Waals surface area contributed by atoms with E-state index in [0.29, 0.717) is 5.56 Å². The van der Waals surface area contributed by atoms with E-state index in [-0.39, 0.29) is 28.3 Å². The maximum atomic E-state index is 12.4. The van der Waals surface area contributed by atoms with Gasteiger partial charge in [0.1, 0.15) is 0 Å². The van der Waals surface area contributed by atoms with Crippen molar-refractivity contribution in [3.05, 3.63) is 49.9 Å². The molecule has 8 heteroatoms. The molecule has 1 heterocycles. The first-order valence-corrected chi connectivity index (χ1v) is 8.62. The third-order valence-electron chi connectivity index (χ3n) is 3.60. The Hall–Kier alpha value is -2.12. The quantitative estimate of drug-likeness (QED) is 0.491. The van der Waals surface area contributed by atoms with Gasteiger partial charge in [0.2, 0.25) is 0 Å². The predicted octanol–water partition coefficient (Wildman–Crippen LogP) is 2.71. The number of benzene rings is 1. The molecule has 0 aliphatic carbocycles. The molecule has 6 nitrogen and oxygen atoms in total. The number of aryl methyl sites for hydroxylation is 1. The van der Waals surface area contributed by atoms with E-state index in [2.05, 4.69) is 10.3 Å². The van der Waals surface area contributed by atoms with Gasteiger partial charge in [0.25, 0.3) is 11.5 Å². The normalized spacial score (nSPS) is 10.7. The number of pyridine rings is 1. The van der Waals surface area contributed by atoms with Crippen molar-refractivity contribution >= 4 is 29.3 Å². The van der Waals surface area contributed by atoms with Gasteiger partial charge in [0, 0.05) is 33.8 Å². The second kappa shape index (κ2) is 7.19. The number of amides is 1. The lowest BCUT2D eigenvalue weighted by molar-refractivity contribution is 0.0949. The summed E-state index contributed by atoms with van der Waals surface area (Å²) in [4.78, 5) is 27.9. The molecular weight excluding hydrogens is 352 g/mol. The molecule has 24 heavy (non-hydrogen) atoms. The molecule has 1 aromatic carbocycles. The monoisotopic (exact) mass is 368 g/mol. The highest BCUT2D eigenvalue weighted by Crippen LogP contribution is 2.37. The number of hydrogen-bond donors (Lipinski definition) is 4. The lowest BCUT2D eigenvalue weighted by atomic mass is 10.1. The Morgan fingerprint density at radius 2 is 1.96 bits per heavy atom. The number of aromatic nitrogens is 1. The van der Waals surface area contributed by atoms with Crippen LogP contribution in [-0.2, 0) is 6.54 Å². The SMILES string of the molecule is CSc1cc(C)[nH]c(=O)c1CNC(=O)c1cc(Cl)c(O)c(O)c1C. The minimum absolute atomic E-state index is 0.0311. The highest BCUT2D eigenvalue weighted by molar-refractivity contribution is 7.98.